The summed E-state index contributed by atoms with van der Waals surface area (Å²) in [5.74, 6) is 0.0972. The van der Waals surface area contributed by atoms with Crippen molar-refractivity contribution in [3.63, 3.8) is 0 Å². The van der Waals surface area contributed by atoms with E-state index in [0.29, 0.717) is 0 Å². The third kappa shape index (κ3) is 3.78. The van der Waals surface area contributed by atoms with Crippen LogP contribution in [0.4, 0.5) is 19.0 Å². The Morgan fingerprint density at radius 1 is 1.28 bits per heavy atom. The Morgan fingerprint density at radius 2 is 1.83 bits per heavy atom. The van der Waals surface area contributed by atoms with Crippen molar-refractivity contribution in [2.45, 2.75) is 39.3 Å². The highest BCUT2D eigenvalue weighted by atomic mass is 19.4. The largest absolute Gasteiger partial charge is 0.468 e. The van der Waals surface area contributed by atoms with Gasteiger partial charge in [0.05, 0.1) is 0 Å². The van der Waals surface area contributed by atoms with Crippen molar-refractivity contribution in [2.75, 3.05) is 12.3 Å². The molecule has 0 aromatic carbocycles. The highest BCUT2D eigenvalue weighted by Gasteiger charge is 2.29. The highest BCUT2D eigenvalue weighted by Crippen LogP contribution is 2.31. The first-order valence-electron chi connectivity index (χ1n) is 5.48. The number of pyridine rings is 1. The molecule has 3 nitrogen and oxygen atoms in total. The fourth-order valence-corrected chi connectivity index (χ4v) is 1.61. The second kappa shape index (κ2) is 4.66. The summed E-state index contributed by atoms with van der Waals surface area (Å²) in [7, 11) is 0. The predicted octanol–water partition coefficient (Wildman–Crippen LogP) is 3.21. The maximum atomic E-state index is 12.1. The van der Waals surface area contributed by atoms with Crippen LogP contribution >= 0.6 is 0 Å². The van der Waals surface area contributed by atoms with Crippen molar-refractivity contribution in [1.29, 1.82) is 0 Å². The first-order chi connectivity index (χ1) is 8.00. The number of alkyl halides is 3. The lowest BCUT2D eigenvalue weighted by Gasteiger charge is -2.23. The Kier molecular flexibility index (Phi) is 3.78. The van der Waals surface area contributed by atoms with Gasteiger partial charge < -0.3 is 10.5 Å². The SMILES string of the molecule is Cc1c(C(C)(C)C)cc(OCC(F)(F)F)nc1N. The summed E-state index contributed by atoms with van der Waals surface area (Å²) in [6, 6.07) is 1.51. The summed E-state index contributed by atoms with van der Waals surface area (Å²) >= 11 is 0. The first-order valence-corrected chi connectivity index (χ1v) is 5.48. The molecule has 102 valence electrons. The zero-order valence-corrected chi connectivity index (χ0v) is 10.9. The van der Waals surface area contributed by atoms with Gasteiger partial charge in [0.1, 0.15) is 5.82 Å². The number of aromatic nitrogens is 1. The molecule has 0 bridgehead atoms. The average Bonchev–Trinajstić information content (AvgIpc) is 2.16. The Bertz CT molecular complexity index is 436. The number of nitrogens with zero attached hydrogens (tertiary/aromatic N) is 1. The van der Waals surface area contributed by atoms with Gasteiger partial charge in [-0.15, -0.1) is 0 Å². The summed E-state index contributed by atoms with van der Waals surface area (Å²) in [6.07, 6.45) is -4.39. The number of rotatable bonds is 2. The number of anilines is 1. The van der Waals surface area contributed by atoms with Crippen LogP contribution in [0.15, 0.2) is 6.07 Å². The van der Waals surface area contributed by atoms with E-state index in [-0.39, 0.29) is 17.1 Å². The molecule has 0 aliphatic carbocycles. The van der Waals surface area contributed by atoms with E-state index in [9.17, 15) is 13.2 Å². The van der Waals surface area contributed by atoms with Crippen LogP contribution in [0.25, 0.3) is 0 Å². The van der Waals surface area contributed by atoms with E-state index in [1.165, 1.54) is 6.07 Å². The maximum Gasteiger partial charge on any atom is 0.422 e. The molecule has 0 aliphatic rings. The van der Waals surface area contributed by atoms with E-state index < -0.39 is 12.8 Å². The van der Waals surface area contributed by atoms with Gasteiger partial charge in [0, 0.05) is 6.07 Å². The minimum Gasteiger partial charge on any atom is -0.468 e. The third-order valence-electron chi connectivity index (χ3n) is 2.48. The summed E-state index contributed by atoms with van der Waals surface area (Å²) < 4.78 is 40.8. The fourth-order valence-electron chi connectivity index (χ4n) is 1.61. The molecule has 0 unspecified atom stereocenters. The molecule has 0 fully saturated rings. The normalized spacial score (nSPS) is 12.6. The standard InChI is InChI=1S/C12H17F3N2O/c1-7-8(11(2,3)4)5-9(17-10(7)16)18-6-12(13,14)15/h5H,6H2,1-4H3,(H2,16,17). The molecule has 0 aliphatic heterocycles. The van der Waals surface area contributed by atoms with Gasteiger partial charge >= 0.3 is 6.18 Å². The van der Waals surface area contributed by atoms with Crippen LogP contribution in [0.2, 0.25) is 0 Å². The molecule has 2 N–H and O–H groups in total. The van der Waals surface area contributed by atoms with E-state index in [1.54, 1.807) is 6.92 Å². The number of nitrogens with two attached hydrogens (primary N) is 1. The second-order valence-corrected chi connectivity index (χ2v) is 5.17. The minimum atomic E-state index is -4.39. The van der Waals surface area contributed by atoms with E-state index >= 15 is 0 Å². The van der Waals surface area contributed by atoms with E-state index in [1.807, 2.05) is 20.8 Å². The van der Waals surface area contributed by atoms with Crippen molar-refractivity contribution >= 4 is 5.82 Å². The number of ether oxygens (including phenoxy) is 1. The molecule has 0 radical (unpaired) electrons. The van der Waals surface area contributed by atoms with Crippen LogP contribution in [0.1, 0.15) is 31.9 Å². The molecular weight excluding hydrogens is 245 g/mol. The van der Waals surface area contributed by atoms with Gasteiger partial charge in [0.2, 0.25) is 5.88 Å². The van der Waals surface area contributed by atoms with Gasteiger partial charge in [0.15, 0.2) is 6.61 Å². The molecule has 0 spiro atoms. The zero-order valence-electron chi connectivity index (χ0n) is 10.9. The van der Waals surface area contributed by atoms with Crippen LogP contribution in [-0.4, -0.2) is 17.8 Å². The third-order valence-corrected chi connectivity index (χ3v) is 2.48. The monoisotopic (exact) mass is 262 g/mol. The van der Waals surface area contributed by atoms with Gasteiger partial charge in [-0.2, -0.15) is 18.2 Å². The Balaban J connectivity index is 3.06. The Hall–Kier alpha value is -1.46. The lowest BCUT2D eigenvalue weighted by Crippen LogP contribution is -2.21. The molecule has 1 aromatic rings. The van der Waals surface area contributed by atoms with Crippen molar-refractivity contribution < 1.29 is 17.9 Å². The smallest absolute Gasteiger partial charge is 0.422 e. The van der Waals surface area contributed by atoms with Crippen molar-refractivity contribution in [3.8, 4) is 5.88 Å². The Morgan fingerprint density at radius 3 is 2.28 bits per heavy atom. The van der Waals surface area contributed by atoms with Gasteiger partial charge in [-0.05, 0) is 23.5 Å². The Labute approximate surface area is 104 Å². The quantitative estimate of drug-likeness (QED) is 0.890. The van der Waals surface area contributed by atoms with Crippen LogP contribution in [0.5, 0.6) is 5.88 Å². The van der Waals surface area contributed by atoms with Crippen molar-refractivity contribution in [2.24, 2.45) is 0 Å². The van der Waals surface area contributed by atoms with E-state index in [0.717, 1.165) is 11.1 Å². The molecule has 0 amide bonds. The van der Waals surface area contributed by atoms with E-state index in [2.05, 4.69) is 9.72 Å². The summed E-state index contributed by atoms with van der Waals surface area (Å²) in [4.78, 5) is 3.81. The average molecular weight is 262 g/mol. The maximum absolute atomic E-state index is 12.1. The number of hydrogen-bond donors (Lipinski definition) is 1. The molecule has 0 saturated carbocycles. The van der Waals surface area contributed by atoms with Gasteiger partial charge in [0.25, 0.3) is 0 Å². The lowest BCUT2D eigenvalue weighted by molar-refractivity contribution is -0.154. The molecular formula is C12H17F3N2O. The summed E-state index contributed by atoms with van der Waals surface area (Å²) in [6.45, 7) is 6.26. The topological polar surface area (TPSA) is 48.1 Å². The summed E-state index contributed by atoms with van der Waals surface area (Å²) in [5.41, 5.74) is 7.04. The van der Waals surface area contributed by atoms with Gasteiger partial charge in [-0.3, -0.25) is 0 Å². The molecule has 1 aromatic heterocycles. The van der Waals surface area contributed by atoms with Crippen LogP contribution in [-0.2, 0) is 5.41 Å². The minimum absolute atomic E-state index is 0.0969. The molecule has 6 heteroatoms. The first kappa shape index (κ1) is 14.6. The van der Waals surface area contributed by atoms with Crippen LogP contribution in [0, 0.1) is 6.92 Å². The lowest BCUT2D eigenvalue weighted by atomic mass is 9.84. The van der Waals surface area contributed by atoms with Gasteiger partial charge in [-0.1, -0.05) is 20.8 Å². The second-order valence-electron chi connectivity index (χ2n) is 5.17. The fraction of sp³-hybridized carbons (Fsp3) is 0.583. The zero-order chi connectivity index (χ0) is 14.1. The molecule has 0 atom stereocenters. The van der Waals surface area contributed by atoms with Crippen molar-refractivity contribution in [1.82, 2.24) is 4.98 Å². The molecule has 1 rings (SSSR count). The van der Waals surface area contributed by atoms with Crippen LogP contribution in [0.3, 0.4) is 0 Å². The van der Waals surface area contributed by atoms with E-state index in [4.69, 9.17) is 5.73 Å². The van der Waals surface area contributed by atoms with Crippen LogP contribution < -0.4 is 10.5 Å². The number of halogens is 3. The predicted molar refractivity (Wildman–Crippen MR) is 63.6 cm³/mol. The summed E-state index contributed by atoms with van der Waals surface area (Å²) in [5, 5.41) is 0. The molecule has 0 saturated heterocycles. The number of nitrogen functional groups attached to an aromatic ring is 1. The van der Waals surface area contributed by atoms with Crippen molar-refractivity contribution in [3.05, 3.63) is 17.2 Å². The molecule has 1 heterocycles. The van der Waals surface area contributed by atoms with Gasteiger partial charge in [-0.25, -0.2) is 0 Å². The highest BCUT2D eigenvalue weighted by molar-refractivity contribution is 5.49. The molecule has 18 heavy (non-hydrogen) atoms. The number of hydrogen-bond acceptors (Lipinski definition) is 3.